The zero-order valence-corrected chi connectivity index (χ0v) is 13.7. The van der Waals surface area contributed by atoms with Crippen molar-refractivity contribution in [3.8, 4) is 5.75 Å². The number of hydrogen-bond acceptors (Lipinski definition) is 3. The standard InChI is InChI=1S/C16H20F2N2O2.ClH/c1-20(13-8-11-5-6-12(9-13)19-11)15(21)10-3-2-4-14(7-10)22-16(17)18;/h2-4,7,11-13,16,19H,5-6,8-9H2,1H3;1H. The number of piperidine rings is 1. The molecule has 2 aliphatic heterocycles. The van der Waals surface area contributed by atoms with Crippen molar-refractivity contribution in [3.63, 3.8) is 0 Å². The molecule has 0 saturated carbocycles. The van der Waals surface area contributed by atoms with Crippen LogP contribution in [0.4, 0.5) is 8.78 Å². The van der Waals surface area contributed by atoms with Crippen molar-refractivity contribution in [1.82, 2.24) is 10.2 Å². The molecule has 7 heteroatoms. The summed E-state index contributed by atoms with van der Waals surface area (Å²) in [5, 5.41) is 3.54. The van der Waals surface area contributed by atoms with Crippen LogP contribution in [0.2, 0.25) is 0 Å². The Hall–Kier alpha value is -1.40. The molecule has 0 aromatic heterocycles. The molecular weight excluding hydrogens is 326 g/mol. The summed E-state index contributed by atoms with van der Waals surface area (Å²) in [5.41, 5.74) is 0.381. The molecule has 1 aromatic rings. The van der Waals surface area contributed by atoms with Gasteiger partial charge in [-0.05, 0) is 43.9 Å². The van der Waals surface area contributed by atoms with Crippen LogP contribution in [0.3, 0.4) is 0 Å². The highest BCUT2D eigenvalue weighted by molar-refractivity contribution is 5.94. The molecule has 1 amide bonds. The molecule has 0 aliphatic carbocycles. The van der Waals surface area contributed by atoms with Crippen molar-refractivity contribution in [1.29, 1.82) is 0 Å². The van der Waals surface area contributed by atoms with Gasteiger partial charge in [-0.3, -0.25) is 4.79 Å². The molecule has 2 saturated heterocycles. The van der Waals surface area contributed by atoms with Gasteiger partial charge in [-0.1, -0.05) is 6.07 Å². The number of alkyl halides is 2. The lowest BCUT2D eigenvalue weighted by Crippen LogP contribution is -2.48. The maximum atomic E-state index is 12.6. The Balaban J connectivity index is 0.00000192. The van der Waals surface area contributed by atoms with Gasteiger partial charge in [0.05, 0.1) is 0 Å². The SMILES string of the molecule is CN(C(=O)c1cccc(OC(F)F)c1)C1CC2CCC(C1)N2.Cl. The number of nitrogens with one attached hydrogen (secondary N) is 1. The van der Waals surface area contributed by atoms with Crippen LogP contribution in [-0.4, -0.2) is 42.6 Å². The number of ether oxygens (including phenoxy) is 1. The maximum Gasteiger partial charge on any atom is 0.387 e. The Kier molecular flexibility index (Phi) is 5.81. The van der Waals surface area contributed by atoms with Gasteiger partial charge < -0.3 is 15.0 Å². The largest absolute Gasteiger partial charge is 0.435 e. The summed E-state index contributed by atoms with van der Waals surface area (Å²) in [6.07, 6.45) is 4.24. The van der Waals surface area contributed by atoms with E-state index in [1.54, 1.807) is 24.1 Å². The summed E-state index contributed by atoms with van der Waals surface area (Å²) < 4.78 is 28.9. The Labute approximate surface area is 140 Å². The van der Waals surface area contributed by atoms with Crippen molar-refractivity contribution in [2.24, 2.45) is 0 Å². The van der Waals surface area contributed by atoms with Gasteiger partial charge in [-0.25, -0.2) is 0 Å². The van der Waals surface area contributed by atoms with Gasteiger partial charge in [-0.2, -0.15) is 8.78 Å². The van der Waals surface area contributed by atoms with Gasteiger partial charge in [0.25, 0.3) is 5.91 Å². The number of nitrogens with zero attached hydrogens (tertiary/aromatic N) is 1. The van der Waals surface area contributed by atoms with E-state index in [2.05, 4.69) is 10.1 Å². The van der Waals surface area contributed by atoms with E-state index in [0.717, 1.165) is 12.8 Å². The zero-order valence-electron chi connectivity index (χ0n) is 12.9. The van der Waals surface area contributed by atoms with E-state index in [1.165, 1.54) is 25.0 Å². The van der Waals surface area contributed by atoms with E-state index in [1.807, 2.05) is 0 Å². The molecule has 1 N–H and O–H groups in total. The van der Waals surface area contributed by atoms with Crippen LogP contribution in [0.1, 0.15) is 36.0 Å². The Morgan fingerprint density at radius 1 is 1.30 bits per heavy atom. The van der Waals surface area contributed by atoms with E-state index < -0.39 is 6.61 Å². The summed E-state index contributed by atoms with van der Waals surface area (Å²) in [6.45, 7) is -2.89. The van der Waals surface area contributed by atoms with Crippen LogP contribution in [0.5, 0.6) is 5.75 Å². The van der Waals surface area contributed by atoms with E-state index in [9.17, 15) is 13.6 Å². The van der Waals surface area contributed by atoms with E-state index in [-0.39, 0.29) is 30.1 Å². The molecule has 1 aromatic carbocycles. The molecule has 0 spiro atoms. The van der Waals surface area contributed by atoms with E-state index >= 15 is 0 Å². The Bertz CT molecular complexity index is 547. The van der Waals surface area contributed by atoms with Gasteiger partial charge in [0.15, 0.2) is 0 Å². The summed E-state index contributed by atoms with van der Waals surface area (Å²) in [5.74, 6) is -0.134. The molecule has 2 aliphatic rings. The molecular formula is C16H21ClF2N2O2. The van der Waals surface area contributed by atoms with Crippen molar-refractivity contribution in [3.05, 3.63) is 29.8 Å². The lowest BCUT2D eigenvalue weighted by atomic mass is 9.98. The summed E-state index contributed by atoms with van der Waals surface area (Å²) in [7, 11) is 1.79. The van der Waals surface area contributed by atoms with Gasteiger partial charge >= 0.3 is 6.61 Å². The summed E-state index contributed by atoms with van der Waals surface area (Å²) >= 11 is 0. The molecule has 2 heterocycles. The number of amides is 1. The molecule has 0 radical (unpaired) electrons. The molecule has 3 rings (SSSR count). The fourth-order valence-electron chi connectivity index (χ4n) is 3.52. The smallest absolute Gasteiger partial charge is 0.387 e. The number of benzene rings is 1. The molecule has 4 nitrogen and oxygen atoms in total. The number of halogens is 3. The maximum absolute atomic E-state index is 12.6. The zero-order chi connectivity index (χ0) is 15.7. The molecule has 2 atom stereocenters. The van der Waals surface area contributed by atoms with Crippen LogP contribution in [0.15, 0.2) is 24.3 Å². The van der Waals surface area contributed by atoms with Crippen molar-refractivity contribution in [2.45, 2.75) is 50.4 Å². The number of fused-ring (bicyclic) bond motifs is 2. The average molecular weight is 347 g/mol. The van der Waals surface area contributed by atoms with Gasteiger partial charge in [0, 0.05) is 30.7 Å². The van der Waals surface area contributed by atoms with Crippen LogP contribution in [-0.2, 0) is 0 Å². The van der Waals surface area contributed by atoms with Crippen molar-refractivity contribution < 1.29 is 18.3 Å². The molecule has 128 valence electrons. The van der Waals surface area contributed by atoms with E-state index in [0.29, 0.717) is 17.6 Å². The van der Waals surface area contributed by atoms with Gasteiger partial charge in [0.1, 0.15) is 5.75 Å². The third-order valence-electron chi connectivity index (χ3n) is 4.62. The minimum atomic E-state index is -2.89. The average Bonchev–Trinajstić information content (AvgIpc) is 2.83. The lowest BCUT2D eigenvalue weighted by molar-refractivity contribution is -0.0499. The highest BCUT2D eigenvalue weighted by atomic mass is 35.5. The Morgan fingerprint density at radius 3 is 2.57 bits per heavy atom. The normalized spacial score (nSPS) is 25.8. The first kappa shape index (κ1) is 17.9. The summed E-state index contributed by atoms with van der Waals surface area (Å²) in [6, 6.07) is 7.18. The predicted octanol–water partition coefficient (Wildman–Crippen LogP) is 3.06. The molecule has 2 bridgehead atoms. The number of carbonyl (C=O) groups is 1. The topological polar surface area (TPSA) is 41.6 Å². The first-order valence-corrected chi connectivity index (χ1v) is 7.61. The monoisotopic (exact) mass is 346 g/mol. The second-order valence-electron chi connectivity index (χ2n) is 6.09. The third-order valence-corrected chi connectivity index (χ3v) is 4.62. The van der Waals surface area contributed by atoms with Crippen molar-refractivity contribution in [2.75, 3.05) is 7.05 Å². The predicted molar refractivity (Wildman–Crippen MR) is 85.4 cm³/mol. The van der Waals surface area contributed by atoms with Gasteiger partial charge in [-0.15, -0.1) is 12.4 Å². The molecule has 2 unspecified atom stereocenters. The van der Waals surface area contributed by atoms with E-state index in [4.69, 9.17) is 0 Å². The summed E-state index contributed by atoms with van der Waals surface area (Å²) in [4.78, 5) is 14.3. The number of rotatable bonds is 4. The van der Waals surface area contributed by atoms with Crippen LogP contribution in [0, 0.1) is 0 Å². The van der Waals surface area contributed by atoms with Gasteiger partial charge in [0.2, 0.25) is 0 Å². The fraction of sp³-hybridized carbons (Fsp3) is 0.562. The highest BCUT2D eigenvalue weighted by Crippen LogP contribution is 2.30. The first-order chi connectivity index (χ1) is 10.5. The molecule has 23 heavy (non-hydrogen) atoms. The van der Waals surface area contributed by atoms with Crippen molar-refractivity contribution >= 4 is 18.3 Å². The third kappa shape index (κ3) is 4.12. The minimum absolute atomic E-state index is 0. The second-order valence-corrected chi connectivity index (χ2v) is 6.09. The minimum Gasteiger partial charge on any atom is -0.435 e. The number of carbonyl (C=O) groups excluding carboxylic acids is 1. The fourth-order valence-corrected chi connectivity index (χ4v) is 3.52. The second kappa shape index (κ2) is 7.45. The van der Waals surface area contributed by atoms with Crippen LogP contribution < -0.4 is 10.1 Å². The quantitative estimate of drug-likeness (QED) is 0.911. The van der Waals surface area contributed by atoms with Crippen LogP contribution in [0.25, 0.3) is 0 Å². The molecule has 2 fully saturated rings. The Morgan fingerprint density at radius 2 is 1.96 bits per heavy atom. The lowest BCUT2D eigenvalue weighted by Gasteiger charge is -2.35. The first-order valence-electron chi connectivity index (χ1n) is 7.61. The highest BCUT2D eigenvalue weighted by Gasteiger charge is 2.36. The number of hydrogen-bond donors (Lipinski definition) is 1. The van der Waals surface area contributed by atoms with Crippen LogP contribution >= 0.6 is 12.4 Å².